The van der Waals surface area contributed by atoms with Crippen LogP contribution in [-0.2, 0) is 0 Å². The van der Waals surface area contributed by atoms with E-state index in [1.807, 2.05) is 0 Å². The molecule has 5 heteroatoms. The summed E-state index contributed by atoms with van der Waals surface area (Å²) in [6.07, 6.45) is 3.79. The Hall–Kier alpha value is -1.65. The quantitative estimate of drug-likeness (QED) is 0.848. The maximum absolute atomic E-state index is 13.9. The van der Waals surface area contributed by atoms with Crippen LogP contribution in [0, 0.1) is 17.0 Å². The van der Waals surface area contributed by atoms with Gasteiger partial charge < -0.3 is 10.6 Å². The van der Waals surface area contributed by atoms with Gasteiger partial charge >= 0.3 is 0 Å². The average Bonchev–Trinajstić information content (AvgIpc) is 2.41. The second kappa shape index (κ2) is 5.62. The number of nitrogens with two attached hydrogens (primary N) is 1. The molecule has 1 aromatic carbocycles. The van der Waals surface area contributed by atoms with E-state index in [0.29, 0.717) is 0 Å². The third-order valence-corrected chi connectivity index (χ3v) is 4.47. The van der Waals surface area contributed by atoms with Gasteiger partial charge in [0.1, 0.15) is 5.82 Å². The largest absolute Gasteiger partial charge is 0.396 e. The van der Waals surface area contributed by atoms with E-state index in [-0.39, 0.29) is 22.7 Å². The highest BCUT2D eigenvalue weighted by atomic mass is 19.1. The van der Waals surface area contributed by atoms with Crippen LogP contribution in [0.2, 0.25) is 0 Å². The van der Waals surface area contributed by atoms with Crippen LogP contribution in [0.1, 0.15) is 49.9 Å². The minimum Gasteiger partial charge on any atom is -0.396 e. The molecule has 0 spiro atoms. The number of benzene rings is 1. The van der Waals surface area contributed by atoms with E-state index < -0.39 is 17.5 Å². The predicted octanol–water partition coefficient (Wildman–Crippen LogP) is 3.59. The maximum atomic E-state index is 13.9. The van der Waals surface area contributed by atoms with Crippen molar-refractivity contribution in [3.8, 4) is 0 Å². The van der Waals surface area contributed by atoms with Crippen LogP contribution < -0.4 is 5.73 Å². The molecule has 0 bridgehead atoms. The number of nitrogens with zero attached hydrogens (tertiary/aromatic N) is 1. The zero-order valence-corrected chi connectivity index (χ0v) is 12.7. The number of nitrogen functional groups attached to an aromatic ring is 1. The number of anilines is 1. The Morgan fingerprint density at radius 2 is 1.86 bits per heavy atom. The van der Waals surface area contributed by atoms with Gasteiger partial charge in [-0.3, -0.25) is 4.79 Å². The lowest BCUT2D eigenvalue weighted by Gasteiger charge is -2.38. The summed E-state index contributed by atoms with van der Waals surface area (Å²) in [4.78, 5) is 13.9. The lowest BCUT2D eigenvalue weighted by Crippen LogP contribution is -2.41. The molecule has 0 aromatic heterocycles. The minimum absolute atomic E-state index is 0.0643. The van der Waals surface area contributed by atoms with Crippen molar-refractivity contribution in [3.05, 3.63) is 29.3 Å². The topological polar surface area (TPSA) is 46.3 Å². The Balaban J connectivity index is 2.17. The highest BCUT2D eigenvalue weighted by Crippen LogP contribution is 2.37. The highest BCUT2D eigenvalue weighted by Gasteiger charge is 2.31. The molecule has 1 aliphatic rings. The first-order valence-corrected chi connectivity index (χ1v) is 7.23. The van der Waals surface area contributed by atoms with E-state index >= 15 is 0 Å². The van der Waals surface area contributed by atoms with Crippen molar-refractivity contribution < 1.29 is 13.6 Å². The number of halogens is 2. The molecule has 1 aromatic rings. The molecule has 1 aliphatic carbocycles. The van der Waals surface area contributed by atoms with Crippen LogP contribution >= 0.6 is 0 Å². The summed E-state index contributed by atoms with van der Waals surface area (Å²) < 4.78 is 27.3. The number of hydrogen-bond donors (Lipinski definition) is 1. The number of carbonyl (C=O) groups is 1. The van der Waals surface area contributed by atoms with Crippen LogP contribution in [0.5, 0.6) is 0 Å². The molecule has 0 radical (unpaired) electrons. The molecule has 21 heavy (non-hydrogen) atoms. The van der Waals surface area contributed by atoms with E-state index in [2.05, 4.69) is 13.8 Å². The van der Waals surface area contributed by atoms with Gasteiger partial charge in [0.15, 0.2) is 5.82 Å². The smallest absolute Gasteiger partial charge is 0.257 e. The fourth-order valence-electron chi connectivity index (χ4n) is 2.89. The maximum Gasteiger partial charge on any atom is 0.257 e. The zero-order valence-electron chi connectivity index (χ0n) is 12.7. The van der Waals surface area contributed by atoms with Crippen LogP contribution in [-0.4, -0.2) is 23.9 Å². The van der Waals surface area contributed by atoms with Gasteiger partial charge in [-0.25, -0.2) is 8.78 Å². The molecule has 1 saturated carbocycles. The highest BCUT2D eigenvalue weighted by molar-refractivity contribution is 5.95. The number of carbonyl (C=O) groups excluding carboxylic acids is 1. The molecule has 1 amide bonds. The molecular weight excluding hydrogens is 274 g/mol. The fraction of sp³-hybridized carbons (Fsp3) is 0.562. The molecule has 0 aliphatic heterocycles. The number of amides is 1. The van der Waals surface area contributed by atoms with E-state index in [4.69, 9.17) is 5.73 Å². The van der Waals surface area contributed by atoms with Crippen molar-refractivity contribution >= 4 is 11.6 Å². The summed E-state index contributed by atoms with van der Waals surface area (Å²) in [5.41, 5.74) is 5.05. The van der Waals surface area contributed by atoms with Gasteiger partial charge in [0.05, 0.1) is 11.3 Å². The van der Waals surface area contributed by atoms with E-state index in [1.54, 1.807) is 7.05 Å². The van der Waals surface area contributed by atoms with Crippen LogP contribution in [0.25, 0.3) is 0 Å². The summed E-state index contributed by atoms with van der Waals surface area (Å²) in [6, 6.07) is 1.86. The lowest BCUT2D eigenvalue weighted by atomic mass is 9.75. The van der Waals surface area contributed by atoms with Gasteiger partial charge in [0, 0.05) is 13.1 Å². The third kappa shape index (κ3) is 3.34. The second-order valence-corrected chi connectivity index (χ2v) is 6.67. The third-order valence-electron chi connectivity index (χ3n) is 4.47. The summed E-state index contributed by atoms with van der Waals surface area (Å²) in [5, 5.41) is 0. The summed E-state index contributed by atoms with van der Waals surface area (Å²) in [7, 11) is 1.64. The Labute approximate surface area is 124 Å². The van der Waals surface area contributed by atoms with Crippen LogP contribution in [0.3, 0.4) is 0 Å². The Morgan fingerprint density at radius 3 is 2.43 bits per heavy atom. The van der Waals surface area contributed by atoms with E-state index in [1.165, 1.54) is 4.90 Å². The molecule has 2 N–H and O–H groups in total. The van der Waals surface area contributed by atoms with E-state index in [9.17, 15) is 13.6 Å². The predicted molar refractivity (Wildman–Crippen MR) is 78.9 cm³/mol. The van der Waals surface area contributed by atoms with Gasteiger partial charge in [0.25, 0.3) is 5.91 Å². The van der Waals surface area contributed by atoms with Gasteiger partial charge in [0.2, 0.25) is 0 Å². The molecular formula is C16H22F2N2O. The number of rotatable bonds is 2. The van der Waals surface area contributed by atoms with Gasteiger partial charge in [-0.1, -0.05) is 13.8 Å². The SMILES string of the molecule is CN(C(=O)c1cc(F)cc(N)c1F)C1CCC(C)(C)CC1. The Bertz CT molecular complexity index is 547. The Morgan fingerprint density at radius 1 is 1.29 bits per heavy atom. The Kier molecular flexibility index (Phi) is 4.21. The van der Waals surface area contributed by atoms with Crippen molar-refractivity contribution in [2.75, 3.05) is 12.8 Å². The second-order valence-electron chi connectivity index (χ2n) is 6.67. The molecule has 1 fully saturated rings. The number of hydrogen-bond acceptors (Lipinski definition) is 2. The van der Waals surface area contributed by atoms with Crippen LogP contribution in [0.4, 0.5) is 14.5 Å². The molecule has 2 rings (SSSR count). The van der Waals surface area contributed by atoms with Crippen molar-refractivity contribution in [1.29, 1.82) is 0 Å². The minimum atomic E-state index is -0.843. The molecule has 0 unspecified atom stereocenters. The van der Waals surface area contributed by atoms with Gasteiger partial charge in [-0.2, -0.15) is 0 Å². The summed E-state index contributed by atoms with van der Waals surface area (Å²) in [6.45, 7) is 4.41. The van der Waals surface area contributed by atoms with E-state index in [0.717, 1.165) is 37.8 Å². The summed E-state index contributed by atoms with van der Waals surface area (Å²) in [5.74, 6) is -2.05. The zero-order chi connectivity index (χ0) is 15.8. The monoisotopic (exact) mass is 296 g/mol. The van der Waals surface area contributed by atoms with Crippen molar-refractivity contribution in [2.45, 2.75) is 45.6 Å². The first-order valence-electron chi connectivity index (χ1n) is 7.23. The molecule has 0 atom stereocenters. The van der Waals surface area contributed by atoms with Crippen molar-refractivity contribution in [2.24, 2.45) is 5.41 Å². The fourth-order valence-corrected chi connectivity index (χ4v) is 2.89. The molecule has 3 nitrogen and oxygen atoms in total. The normalized spacial score (nSPS) is 18.5. The summed E-state index contributed by atoms with van der Waals surface area (Å²) >= 11 is 0. The molecule has 0 saturated heterocycles. The van der Waals surface area contributed by atoms with Crippen LogP contribution in [0.15, 0.2) is 12.1 Å². The lowest BCUT2D eigenvalue weighted by molar-refractivity contribution is 0.0630. The van der Waals surface area contributed by atoms with Crippen molar-refractivity contribution in [1.82, 2.24) is 4.90 Å². The van der Waals surface area contributed by atoms with Gasteiger partial charge in [-0.05, 0) is 43.2 Å². The average molecular weight is 296 g/mol. The standard InChI is InChI=1S/C16H22F2N2O/c1-16(2)6-4-11(5-7-16)20(3)15(21)12-8-10(17)9-13(19)14(12)18/h8-9,11H,4-7,19H2,1-3H3. The first-order chi connectivity index (χ1) is 9.71. The first kappa shape index (κ1) is 15.7. The molecule has 116 valence electrons. The van der Waals surface area contributed by atoms with Gasteiger partial charge in [-0.15, -0.1) is 0 Å². The molecule has 0 heterocycles. The van der Waals surface area contributed by atoms with Crippen molar-refractivity contribution in [3.63, 3.8) is 0 Å².